The summed E-state index contributed by atoms with van der Waals surface area (Å²) in [5, 5.41) is 3.03. The summed E-state index contributed by atoms with van der Waals surface area (Å²) in [5.74, 6) is 0.730. The number of carbonyl (C=O) groups is 1. The Morgan fingerprint density at radius 2 is 2.18 bits per heavy atom. The summed E-state index contributed by atoms with van der Waals surface area (Å²) in [7, 11) is 4.24. The Balaban J connectivity index is 1.53. The van der Waals surface area contributed by atoms with Gasteiger partial charge < -0.3 is 15.2 Å². The lowest BCUT2D eigenvalue weighted by Crippen LogP contribution is -2.54. The van der Waals surface area contributed by atoms with Gasteiger partial charge in [0.1, 0.15) is 5.82 Å². The van der Waals surface area contributed by atoms with Gasteiger partial charge in [-0.15, -0.1) is 0 Å². The molecule has 0 unspecified atom stereocenters. The van der Waals surface area contributed by atoms with Crippen LogP contribution >= 0.6 is 0 Å². The second-order valence-electron chi connectivity index (χ2n) is 6.08. The Morgan fingerprint density at radius 1 is 1.36 bits per heavy atom. The van der Waals surface area contributed by atoms with Crippen molar-refractivity contribution < 1.29 is 4.79 Å². The quantitative estimate of drug-likeness (QED) is 0.861. The van der Waals surface area contributed by atoms with Crippen molar-refractivity contribution >= 4 is 16.9 Å². The molecule has 0 bridgehead atoms. The molecule has 2 aromatic rings. The number of hydrogen-bond acceptors (Lipinski definition) is 4. The normalized spacial score (nSPS) is 20.4. The van der Waals surface area contributed by atoms with Crippen LogP contribution < -0.4 is 5.32 Å². The number of benzene rings is 1. The fraction of sp³-hybridized carbons (Fsp3) is 0.500. The summed E-state index contributed by atoms with van der Waals surface area (Å²) >= 11 is 0. The van der Waals surface area contributed by atoms with Crippen molar-refractivity contribution in [1.82, 2.24) is 25.1 Å². The fourth-order valence-electron chi connectivity index (χ4n) is 2.86. The Morgan fingerprint density at radius 3 is 3.00 bits per heavy atom. The van der Waals surface area contributed by atoms with Gasteiger partial charge in [-0.1, -0.05) is 12.1 Å². The van der Waals surface area contributed by atoms with Crippen LogP contribution in [-0.4, -0.2) is 72.0 Å². The van der Waals surface area contributed by atoms with Crippen LogP contribution in [0.4, 0.5) is 0 Å². The zero-order valence-electron chi connectivity index (χ0n) is 13.2. The third kappa shape index (κ3) is 3.45. The molecule has 1 saturated heterocycles. The Kier molecular flexibility index (Phi) is 4.40. The maximum absolute atomic E-state index is 12.1. The maximum atomic E-state index is 12.1. The summed E-state index contributed by atoms with van der Waals surface area (Å²) in [6, 6.07) is 8.19. The first kappa shape index (κ1) is 15.0. The average Bonchev–Trinajstić information content (AvgIpc) is 2.90. The number of amides is 1. The van der Waals surface area contributed by atoms with Crippen LogP contribution in [0.5, 0.6) is 0 Å². The van der Waals surface area contributed by atoms with Gasteiger partial charge in [0, 0.05) is 32.2 Å². The minimum Gasteiger partial charge on any atom is -0.354 e. The number of H-pyrrole nitrogens is 1. The van der Waals surface area contributed by atoms with Gasteiger partial charge in [0.05, 0.1) is 17.5 Å². The monoisotopic (exact) mass is 301 g/mol. The first-order valence-electron chi connectivity index (χ1n) is 7.71. The minimum atomic E-state index is 0.0145. The molecule has 2 heterocycles. The van der Waals surface area contributed by atoms with E-state index in [1.54, 1.807) is 0 Å². The molecule has 1 aliphatic rings. The van der Waals surface area contributed by atoms with Gasteiger partial charge in [0.2, 0.25) is 5.91 Å². The SMILES string of the molecule is CN1CCN(C)[C@H](CNC(=O)Cc2nc3ccccc3[nH]2)C1. The first-order chi connectivity index (χ1) is 10.6. The maximum Gasteiger partial charge on any atom is 0.227 e. The van der Waals surface area contributed by atoms with Gasteiger partial charge in [-0.25, -0.2) is 4.98 Å². The van der Waals surface area contributed by atoms with E-state index in [0.717, 1.165) is 30.7 Å². The molecule has 6 heteroatoms. The van der Waals surface area contributed by atoms with Gasteiger partial charge >= 0.3 is 0 Å². The van der Waals surface area contributed by atoms with Crippen molar-refractivity contribution in [1.29, 1.82) is 0 Å². The number of aromatic nitrogens is 2. The van der Waals surface area contributed by atoms with E-state index in [1.807, 2.05) is 24.3 Å². The Bertz CT molecular complexity index is 620. The van der Waals surface area contributed by atoms with Crippen LogP contribution in [-0.2, 0) is 11.2 Å². The van der Waals surface area contributed by atoms with Crippen molar-refractivity contribution in [3.8, 4) is 0 Å². The van der Waals surface area contributed by atoms with E-state index in [9.17, 15) is 4.79 Å². The summed E-state index contributed by atoms with van der Waals surface area (Å²) in [4.78, 5) is 24.4. The number of imidazole rings is 1. The highest BCUT2D eigenvalue weighted by Gasteiger charge is 2.22. The number of aromatic amines is 1. The molecule has 1 aromatic heterocycles. The Labute approximate surface area is 130 Å². The molecule has 1 aromatic carbocycles. The number of fused-ring (bicyclic) bond motifs is 1. The van der Waals surface area contributed by atoms with Crippen LogP contribution in [0.15, 0.2) is 24.3 Å². The molecule has 0 saturated carbocycles. The van der Waals surface area contributed by atoms with E-state index in [2.05, 4.69) is 39.2 Å². The topological polar surface area (TPSA) is 64.3 Å². The van der Waals surface area contributed by atoms with Crippen molar-refractivity contribution in [3.63, 3.8) is 0 Å². The molecule has 0 radical (unpaired) electrons. The van der Waals surface area contributed by atoms with E-state index in [1.165, 1.54) is 0 Å². The molecule has 1 atom stereocenters. The smallest absolute Gasteiger partial charge is 0.227 e. The highest BCUT2D eigenvalue weighted by atomic mass is 16.1. The number of hydrogen-bond donors (Lipinski definition) is 2. The number of rotatable bonds is 4. The lowest BCUT2D eigenvalue weighted by molar-refractivity contribution is -0.120. The number of piperazine rings is 1. The largest absolute Gasteiger partial charge is 0.354 e. The van der Waals surface area contributed by atoms with Gasteiger partial charge in [-0.3, -0.25) is 9.69 Å². The average molecular weight is 301 g/mol. The molecule has 2 N–H and O–H groups in total. The van der Waals surface area contributed by atoms with Crippen LogP contribution in [0, 0.1) is 0 Å². The van der Waals surface area contributed by atoms with Crippen LogP contribution in [0.3, 0.4) is 0 Å². The summed E-state index contributed by atoms with van der Waals surface area (Å²) < 4.78 is 0. The van der Waals surface area contributed by atoms with Crippen LogP contribution in [0.25, 0.3) is 11.0 Å². The molecule has 22 heavy (non-hydrogen) atoms. The zero-order chi connectivity index (χ0) is 15.5. The van der Waals surface area contributed by atoms with E-state index >= 15 is 0 Å². The van der Waals surface area contributed by atoms with Crippen molar-refractivity contribution in [2.45, 2.75) is 12.5 Å². The number of likely N-dealkylation sites (N-methyl/N-ethyl adjacent to an activating group) is 2. The molecule has 6 nitrogen and oxygen atoms in total. The molecule has 0 aliphatic carbocycles. The predicted molar refractivity (Wildman–Crippen MR) is 86.7 cm³/mol. The lowest BCUT2D eigenvalue weighted by atomic mass is 10.2. The Hall–Kier alpha value is -1.92. The van der Waals surface area contributed by atoms with Gasteiger partial charge in [0.15, 0.2) is 0 Å². The number of carbonyl (C=O) groups excluding carboxylic acids is 1. The molecular weight excluding hydrogens is 278 g/mol. The number of nitrogens with one attached hydrogen (secondary N) is 2. The van der Waals surface area contributed by atoms with Crippen LogP contribution in [0.2, 0.25) is 0 Å². The molecule has 1 fully saturated rings. The van der Waals surface area contributed by atoms with Crippen molar-refractivity contribution in [2.24, 2.45) is 0 Å². The molecule has 1 aliphatic heterocycles. The van der Waals surface area contributed by atoms with E-state index in [-0.39, 0.29) is 5.91 Å². The van der Waals surface area contributed by atoms with E-state index < -0.39 is 0 Å². The zero-order valence-corrected chi connectivity index (χ0v) is 13.2. The highest BCUT2D eigenvalue weighted by molar-refractivity contribution is 5.80. The minimum absolute atomic E-state index is 0.0145. The molecule has 1 amide bonds. The predicted octanol–water partition coefficient (Wildman–Crippen LogP) is 0.467. The third-order valence-corrected chi connectivity index (χ3v) is 4.28. The standard InChI is InChI=1S/C16H23N5O/c1-20-7-8-21(2)12(11-20)10-17-16(22)9-15-18-13-5-3-4-6-14(13)19-15/h3-6,12H,7-11H2,1-2H3,(H,17,22)(H,18,19)/t12-/m1/s1. The van der Waals surface area contributed by atoms with Gasteiger partial charge in [0.25, 0.3) is 0 Å². The summed E-state index contributed by atoms with van der Waals surface area (Å²) in [5.41, 5.74) is 1.87. The third-order valence-electron chi connectivity index (χ3n) is 4.28. The fourth-order valence-corrected chi connectivity index (χ4v) is 2.86. The molecule has 0 spiro atoms. The van der Waals surface area contributed by atoms with Crippen molar-refractivity contribution in [2.75, 3.05) is 40.3 Å². The summed E-state index contributed by atoms with van der Waals surface area (Å²) in [6.07, 6.45) is 0.293. The van der Waals surface area contributed by atoms with Crippen LogP contribution in [0.1, 0.15) is 5.82 Å². The van der Waals surface area contributed by atoms with Gasteiger partial charge in [-0.05, 0) is 26.2 Å². The highest BCUT2D eigenvalue weighted by Crippen LogP contribution is 2.10. The number of nitrogens with zero attached hydrogens (tertiary/aromatic N) is 3. The first-order valence-corrected chi connectivity index (χ1v) is 7.71. The lowest BCUT2D eigenvalue weighted by Gasteiger charge is -2.37. The second-order valence-corrected chi connectivity index (χ2v) is 6.08. The van der Waals surface area contributed by atoms with Crippen molar-refractivity contribution in [3.05, 3.63) is 30.1 Å². The van der Waals surface area contributed by atoms with E-state index in [4.69, 9.17) is 0 Å². The van der Waals surface area contributed by atoms with Gasteiger partial charge in [-0.2, -0.15) is 0 Å². The number of para-hydroxylation sites is 2. The summed E-state index contributed by atoms with van der Waals surface area (Å²) in [6.45, 7) is 3.79. The van der Waals surface area contributed by atoms with E-state index in [0.29, 0.717) is 24.8 Å². The molecular formula is C16H23N5O. The molecule has 118 valence electrons. The molecule has 3 rings (SSSR count). The second kappa shape index (κ2) is 6.46.